The number of esters is 1. The molecule has 2 heterocycles. The van der Waals surface area contributed by atoms with E-state index in [1.807, 2.05) is 43.3 Å². The molecule has 1 atom stereocenters. The zero-order valence-corrected chi connectivity index (χ0v) is 16.6. The Kier molecular flexibility index (Phi) is 4.30. The number of fused-ring (bicyclic) bond motifs is 2. The van der Waals surface area contributed by atoms with Crippen molar-refractivity contribution in [3.05, 3.63) is 64.1 Å². The normalized spacial score (nSPS) is 21.1. The van der Waals surface area contributed by atoms with E-state index < -0.39 is 11.6 Å². The first-order chi connectivity index (χ1) is 13.0. The van der Waals surface area contributed by atoms with Crippen LogP contribution in [-0.2, 0) is 19.9 Å². The van der Waals surface area contributed by atoms with E-state index >= 15 is 0 Å². The fraction of sp³-hybridized carbons (Fsp3) is 0.238. The van der Waals surface area contributed by atoms with Gasteiger partial charge < -0.3 is 14.4 Å². The molecule has 0 unspecified atom stereocenters. The second-order valence-corrected chi connectivity index (χ2v) is 7.36. The third-order valence-corrected chi connectivity index (χ3v) is 5.75. The molecule has 0 radical (unpaired) electrons. The summed E-state index contributed by atoms with van der Waals surface area (Å²) in [4.78, 5) is 27.5. The van der Waals surface area contributed by atoms with Crippen LogP contribution in [-0.4, -0.2) is 25.5 Å². The number of ether oxygens (including phenoxy) is 2. The van der Waals surface area contributed by atoms with Crippen molar-refractivity contribution in [1.29, 1.82) is 0 Å². The average Bonchev–Trinajstić information content (AvgIpc) is 2.88. The zero-order chi connectivity index (χ0) is 19.2. The van der Waals surface area contributed by atoms with E-state index in [0.29, 0.717) is 17.9 Å². The number of methoxy groups -OCH3 is 1. The number of anilines is 1. The van der Waals surface area contributed by atoms with Crippen LogP contribution in [0.3, 0.4) is 0 Å². The Morgan fingerprint density at radius 3 is 2.70 bits per heavy atom. The predicted molar refractivity (Wildman–Crippen MR) is 106 cm³/mol. The average molecular weight is 428 g/mol. The van der Waals surface area contributed by atoms with Gasteiger partial charge >= 0.3 is 5.97 Å². The molecule has 2 aliphatic heterocycles. The highest BCUT2D eigenvalue weighted by Gasteiger charge is 2.55. The van der Waals surface area contributed by atoms with E-state index in [-0.39, 0.29) is 12.3 Å². The molecule has 4 rings (SSSR count). The van der Waals surface area contributed by atoms with E-state index in [1.165, 1.54) is 6.08 Å². The zero-order valence-electron chi connectivity index (χ0n) is 15.0. The van der Waals surface area contributed by atoms with Crippen LogP contribution in [0.1, 0.15) is 24.5 Å². The lowest BCUT2D eigenvalue weighted by atomic mass is 9.83. The van der Waals surface area contributed by atoms with Gasteiger partial charge in [-0.2, -0.15) is 0 Å². The smallest absolute Gasteiger partial charge is 0.332 e. The number of hydrogen-bond acceptors (Lipinski definition) is 4. The molecule has 0 saturated carbocycles. The molecule has 2 aromatic rings. The van der Waals surface area contributed by atoms with Crippen molar-refractivity contribution in [3.8, 4) is 5.75 Å². The van der Waals surface area contributed by atoms with Crippen LogP contribution in [0.15, 0.2) is 53.0 Å². The number of carbonyl (C=O) groups is 2. The molecule has 138 valence electrons. The van der Waals surface area contributed by atoms with Crippen LogP contribution >= 0.6 is 15.9 Å². The van der Waals surface area contributed by atoms with E-state index in [1.54, 1.807) is 18.1 Å². The molecule has 0 saturated heterocycles. The highest BCUT2D eigenvalue weighted by molar-refractivity contribution is 9.10. The van der Waals surface area contributed by atoms with Gasteiger partial charge in [-0.05, 0) is 42.3 Å². The summed E-state index contributed by atoms with van der Waals surface area (Å²) in [6.07, 6.45) is 1.74. The van der Waals surface area contributed by atoms with E-state index in [0.717, 1.165) is 21.3 Å². The third-order valence-electron chi connectivity index (χ3n) is 5.06. The Bertz CT molecular complexity index is 984. The van der Waals surface area contributed by atoms with Crippen LogP contribution in [0.2, 0.25) is 0 Å². The van der Waals surface area contributed by atoms with Gasteiger partial charge in [-0.3, -0.25) is 4.79 Å². The lowest BCUT2D eigenvalue weighted by Gasteiger charge is -2.32. The minimum Gasteiger partial charge on any atom is -0.497 e. The summed E-state index contributed by atoms with van der Waals surface area (Å²) in [7, 11) is 1.57. The SMILES string of the molecule is CCN1C(=O)[C@]2(CC(c3ccccc3Br)=CC(=O)O2)c2cc(OC)ccc21. The molecule has 0 fully saturated rings. The molecule has 5 nitrogen and oxygen atoms in total. The molecule has 1 amide bonds. The maximum atomic E-state index is 13.3. The molecule has 0 aromatic heterocycles. The standard InChI is InChI=1S/C21H18BrNO4/c1-3-23-18-9-8-14(26-2)11-16(18)21(20(23)25)12-13(10-19(24)27-21)15-6-4-5-7-17(15)22/h4-11H,3,12H2,1-2H3/t21-/m0/s1. The molecule has 0 N–H and O–H groups in total. The van der Waals surface area contributed by atoms with Crippen LogP contribution < -0.4 is 9.64 Å². The van der Waals surface area contributed by atoms with E-state index in [4.69, 9.17) is 9.47 Å². The Labute approximate surface area is 165 Å². The summed E-state index contributed by atoms with van der Waals surface area (Å²) in [5.41, 5.74) is 1.69. The molecule has 1 spiro atoms. The highest BCUT2D eigenvalue weighted by atomic mass is 79.9. The topological polar surface area (TPSA) is 55.8 Å². The molecule has 0 aliphatic carbocycles. The van der Waals surface area contributed by atoms with Crippen LogP contribution in [0.25, 0.3) is 5.57 Å². The van der Waals surface area contributed by atoms with Crippen LogP contribution in [0.5, 0.6) is 5.75 Å². The Morgan fingerprint density at radius 2 is 2.00 bits per heavy atom. The molecule has 0 bridgehead atoms. The van der Waals surface area contributed by atoms with E-state index in [2.05, 4.69) is 15.9 Å². The molecule has 2 aromatic carbocycles. The number of halogens is 1. The van der Waals surface area contributed by atoms with Crippen molar-refractivity contribution in [1.82, 2.24) is 0 Å². The maximum absolute atomic E-state index is 13.3. The molecular weight excluding hydrogens is 410 g/mol. The summed E-state index contributed by atoms with van der Waals surface area (Å²) >= 11 is 3.54. The van der Waals surface area contributed by atoms with Crippen molar-refractivity contribution in [2.45, 2.75) is 18.9 Å². The second-order valence-electron chi connectivity index (χ2n) is 6.51. The molecule has 27 heavy (non-hydrogen) atoms. The van der Waals surface area contributed by atoms with Crippen molar-refractivity contribution < 1.29 is 19.1 Å². The minimum atomic E-state index is -1.36. The first kappa shape index (κ1) is 17.8. The Balaban J connectivity index is 1.88. The number of likely N-dealkylation sites (N-methyl/N-ethyl adjacent to an activating group) is 1. The number of benzene rings is 2. The third kappa shape index (κ3) is 2.67. The van der Waals surface area contributed by atoms with Gasteiger partial charge in [0.15, 0.2) is 0 Å². The van der Waals surface area contributed by atoms with Crippen LogP contribution in [0, 0.1) is 0 Å². The minimum absolute atomic E-state index is 0.223. The predicted octanol–water partition coefficient (Wildman–Crippen LogP) is 4.05. The lowest BCUT2D eigenvalue weighted by molar-refractivity contribution is -0.163. The summed E-state index contributed by atoms with van der Waals surface area (Å²) in [6, 6.07) is 13.1. The fourth-order valence-electron chi connectivity index (χ4n) is 3.82. The summed E-state index contributed by atoms with van der Waals surface area (Å²) in [5, 5.41) is 0. The van der Waals surface area contributed by atoms with Crippen molar-refractivity contribution >= 4 is 39.1 Å². The van der Waals surface area contributed by atoms with Gasteiger partial charge in [0.05, 0.1) is 12.8 Å². The van der Waals surface area contributed by atoms with Gasteiger partial charge in [-0.1, -0.05) is 34.1 Å². The van der Waals surface area contributed by atoms with Crippen LogP contribution in [0.4, 0.5) is 5.69 Å². The second kappa shape index (κ2) is 6.53. The highest BCUT2D eigenvalue weighted by Crippen LogP contribution is 2.51. The lowest BCUT2D eigenvalue weighted by Crippen LogP contribution is -2.45. The Hall–Kier alpha value is -2.60. The first-order valence-electron chi connectivity index (χ1n) is 8.69. The van der Waals surface area contributed by atoms with Gasteiger partial charge in [-0.25, -0.2) is 4.79 Å². The van der Waals surface area contributed by atoms with Gasteiger partial charge in [0.1, 0.15) is 5.75 Å². The monoisotopic (exact) mass is 427 g/mol. The Morgan fingerprint density at radius 1 is 1.22 bits per heavy atom. The number of carbonyl (C=O) groups excluding carboxylic acids is 2. The van der Waals surface area contributed by atoms with Crippen molar-refractivity contribution in [2.75, 3.05) is 18.6 Å². The molecular formula is C21H18BrNO4. The number of rotatable bonds is 3. The largest absolute Gasteiger partial charge is 0.497 e. The molecule has 2 aliphatic rings. The van der Waals surface area contributed by atoms with Gasteiger partial charge in [-0.15, -0.1) is 0 Å². The number of hydrogen-bond donors (Lipinski definition) is 0. The van der Waals surface area contributed by atoms with Gasteiger partial charge in [0, 0.05) is 29.1 Å². The number of nitrogens with zero attached hydrogens (tertiary/aromatic N) is 1. The van der Waals surface area contributed by atoms with Crippen molar-refractivity contribution in [2.24, 2.45) is 0 Å². The van der Waals surface area contributed by atoms with E-state index in [9.17, 15) is 9.59 Å². The quantitative estimate of drug-likeness (QED) is 0.693. The summed E-state index contributed by atoms with van der Waals surface area (Å²) in [6.45, 7) is 2.39. The number of amides is 1. The maximum Gasteiger partial charge on any atom is 0.332 e. The van der Waals surface area contributed by atoms with Gasteiger partial charge in [0.25, 0.3) is 5.91 Å². The molecule has 6 heteroatoms. The first-order valence-corrected chi connectivity index (χ1v) is 9.48. The van der Waals surface area contributed by atoms with Gasteiger partial charge in [0.2, 0.25) is 5.60 Å². The fourth-order valence-corrected chi connectivity index (χ4v) is 4.36. The summed E-state index contributed by atoms with van der Waals surface area (Å²) in [5.74, 6) is -0.127. The summed E-state index contributed by atoms with van der Waals surface area (Å²) < 4.78 is 11.9. The van der Waals surface area contributed by atoms with Crippen molar-refractivity contribution in [3.63, 3.8) is 0 Å².